The molecule has 0 radical (unpaired) electrons. The van der Waals surface area contributed by atoms with Crippen molar-refractivity contribution in [2.75, 3.05) is 59.8 Å². The molecule has 0 aliphatic carbocycles. The number of ether oxygens (including phenoxy) is 3. The Balaban J connectivity index is 0. The molecule has 0 aromatic heterocycles. The number of hydrogen-bond donors (Lipinski definition) is 1. The van der Waals surface area contributed by atoms with Crippen LogP contribution >= 0.6 is 0 Å². The lowest BCUT2D eigenvalue weighted by Gasteiger charge is -2.16. The summed E-state index contributed by atoms with van der Waals surface area (Å²) in [6.07, 6.45) is 5.42. The normalized spacial score (nSPS) is 16.8. The van der Waals surface area contributed by atoms with Crippen LogP contribution in [0.1, 0.15) is 46.5 Å². The Morgan fingerprint density at radius 2 is 1.58 bits per heavy atom. The summed E-state index contributed by atoms with van der Waals surface area (Å²) in [5, 5.41) is 8.38. The monoisotopic (exact) mass is 349 g/mol. The van der Waals surface area contributed by atoms with Crippen LogP contribution in [0.5, 0.6) is 0 Å². The number of carbonyl (C=O) groups is 1. The molecule has 24 heavy (non-hydrogen) atoms. The van der Waals surface area contributed by atoms with Gasteiger partial charge in [-0.15, -0.1) is 0 Å². The highest BCUT2D eigenvalue weighted by Gasteiger charge is 2.17. The summed E-state index contributed by atoms with van der Waals surface area (Å²) >= 11 is 0. The number of aliphatic hydroxyl groups is 1. The second-order valence-corrected chi connectivity index (χ2v) is 5.20. The van der Waals surface area contributed by atoms with Gasteiger partial charge in [0.25, 0.3) is 0 Å². The minimum Gasteiger partial charge on any atom is -0.394 e. The van der Waals surface area contributed by atoms with Gasteiger partial charge in [-0.1, -0.05) is 20.8 Å². The Hall–Kier alpha value is -0.530. The van der Waals surface area contributed by atoms with Crippen LogP contribution in [0.3, 0.4) is 0 Å². The largest absolute Gasteiger partial charge is 0.394 e. The maximum Gasteiger partial charge on any atom is 0.122 e. The van der Waals surface area contributed by atoms with E-state index in [1.54, 1.807) is 0 Å². The molecule has 1 aliphatic heterocycles. The van der Waals surface area contributed by atoms with E-state index in [-0.39, 0.29) is 6.61 Å². The predicted molar refractivity (Wildman–Crippen MR) is 97.5 cm³/mol. The molecule has 6 heteroatoms. The van der Waals surface area contributed by atoms with Crippen molar-refractivity contribution >= 4 is 6.29 Å². The fourth-order valence-corrected chi connectivity index (χ4v) is 2.23. The van der Waals surface area contributed by atoms with E-state index >= 15 is 0 Å². The van der Waals surface area contributed by atoms with Gasteiger partial charge in [0.15, 0.2) is 0 Å². The van der Waals surface area contributed by atoms with E-state index in [0.717, 1.165) is 12.3 Å². The average Bonchev–Trinajstić information content (AvgIpc) is 3.04. The molecule has 0 spiro atoms. The van der Waals surface area contributed by atoms with Gasteiger partial charge in [-0.3, -0.25) is 0 Å². The van der Waals surface area contributed by atoms with Gasteiger partial charge in [0.2, 0.25) is 0 Å². The molecule has 0 saturated carbocycles. The van der Waals surface area contributed by atoms with Crippen LogP contribution < -0.4 is 0 Å². The van der Waals surface area contributed by atoms with Crippen LogP contribution in [0.2, 0.25) is 0 Å². The number of aliphatic hydroxyl groups excluding tert-OH is 1. The number of carbonyl (C=O) groups excluding carboxylic acids is 1. The first-order valence-electron chi connectivity index (χ1n) is 9.24. The van der Waals surface area contributed by atoms with Gasteiger partial charge in [0.05, 0.1) is 46.2 Å². The second kappa shape index (κ2) is 22.5. The molecule has 0 aromatic carbocycles. The quantitative estimate of drug-likeness (QED) is 0.430. The highest BCUT2D eigenvalue weighted by molar-refractivity contribution is 5.49. The summed E-state index contributed by atoms with van der Waals surface area (Å²) in [4.78, 5) is 12.4. The van der Waals surface area contributed by atoms with E-state index in [0.29, 0.717) is 46.1 Å². The van der Waals surface area contributed by atoms with Crippen molar-refractivity contribution in [2.45, 2.75) is 52.5 Å². The third-order valence-corrected chi connectivity index (χ3v) is 3.50. The van der Waals surface area contributed by atoms with E-state index in [9.17, 15) is 4.79 Å². The molecule has 6 nitrogen and oxygen atoms in total. The maximum absolute atomic E-state index is 9.89. The minimum atomic E-state index is 0.0365. The summed E-state index contributed by atoms with van der Waals surface area (Å²) in [6, 6.07) is 0.898. The number of aldehydes is 1. The highest BCUT2D eigenvalue weighted by atomic mass is 16.5. The summed E-state index contributed by atoms with van der Waals surface area (Å²) in [7, 11) is 2.22. The first kappa shape index (κ1) is 25.7. The van der Waals surface area contributed by atoms with Gasteiger partial charge in [0, 0.05) is 12.5 Å². The molecule has 1 aliphatic rings. The number of nitrogens with zero attached hydrogens (tertiary/aromatic N) is 1. The van der Waals surface area contributed by atoms with E-state index in [2.05, 4.69) is 18.9 Å². The van der Waals surface area contributed by atoms with E-state index < -0.39 is 0 Å². The molecule has 1 rings (SSSR count). The zero-order valence-corrected chi connectivity index (χ0v) is 16.2. The van der Waals surface area contributed by atoms with Crippen molar-refractivity contribution in [1.82, 2.24) is 4.90 Å². The lowest BCUT2D eigenvalue weighted by molar-refractivity contribution is -0.108. The lowest BCUT2D eigenvalue weighted by Crippen LogP contribution is -2.23. The summed E-state index contributed by atoms with van der Waals surface area (Å²) in [6.45, 7) is 10.4. The Bertz CT molecular complexity index is 241. The molecule has 0 bridgehead atoms. The summed E-state index contributed by atoms with van der Waals surface area (Å²) in [5.74, 6) is 0. The van der Waals surface area contributed by atoms with Crippen molar-refractivity contribution in [2.24, 2.45) is 0 Å². The second-order valence-electron chi connectivity index (χ2n) is 5.20. The van der Waals surface area contributed by atoms with Crippen molar-refractivity contribution in [3.8, 4) is 0 Å². The molecule has 0 amide bonds. The lowest BCUT2D eigenvalue weighted by atomic mass is 10.2. The molecule has 1 fully saturated rings. The SMILES string of the molecule is CC.CCC1CCCN1C.O=CCCOCCOCCOCCO. The molecule has 1 unspecified atom stereocenters. The van der Waals surface area contributed by atoms with Gasteiger partial charge in [-0.2, -0.15) is 0 Å². The number of rotatable bonds is 12. The minimum absolute atomic E-state index is 0.0365. The smallest absolute Gasteiger partial charge is 0.122 e. The molecule has 1 saturated heterocycles. The average molecular weight is 350 g/mol. The third kappa shape index (κ3) is 17.8. The van der Waals surface area contributed by atoms with Crippen molar-refractivity contribution in [1.29, 1.82) is 0 Å². The number of hydrogen-bond acceptors (Lipinski definition) is 6. The molecule has 0 aromatic rings. The van der Waals surface area contributed by atoms with E-state index in [4.69, 9.17) is 19.3 Å². The van der Waals surface area contributed by atoms with Crippen LogP contribution in [0.15, 0.2) is 0 Å². The molecule has 146 valence electrons. The Labute approximate surface area is 148 Å². The van der Waals surface area contributed by atoms with Gasteiger partial charge >= 0.3 is 0 Å². The third-order valence-electron chi connectivity index (χ3n) is 3.50. The molecular weight excluding hydrogens is 310 g/mol. The highest BCUT2D eigenvalue weighted by Crippen LogP contribution is 2.16. The first-order chi connectivity index (χ1) is 11.8. The van der Waals surface area contributed by atoms with Crippen LogP contribution in [0.25, 0.3) is 0 Å². The van der Waals surface area contributed by atoms with E-state index in [1.807, 2.05) is 13.8 Å². The first-order valence-corrected chi connectivity index (χ1v) is 9.24. The van der Waals surface area contributed by atoms with E-state index in [1.165, 1.54) is 25.8 Å². The fourth-order valence-electron chi connectivity index (χ4n) is 2.23. The summed E-state index contributed by atoms with van der Waals surface area (Å²) in [5.41, 5.74) is 0. The number of likely N-dealkylation sites (tertiary alicyclic amines) is 1. The van der Waals surface area contributed by atoms with Crippen LogP contribution in [-0.2, 0) is 19.0 Å². The molecule has 1 N–H and O–H groups in total. The molecular formula is C18H39NO5. The maximum atomic E-state index is 9.89. The van der Waals surface area contributed by atoms with Crippen molar-refractivity contribution < 1.29 is 24.1 Å². The molecule has 1 heterocycles. The molecule has 1 atom stereocenters. The fraction of sp³-hybridized carbons (Fsp3) is 0.944. The van der Waals surface area contributed by atoms with Crippen LogP contribution in [0, 0.1) is 0 Å². The Morgan fingerprint density at radius 1 is 1.04 bits per heavy atom. The van der Waals surface area contributed by atoms with Gasteiger partial charge in [0.1, 0.15) is 6.29 Å². The van der Waals surface area contributed by atoms with Gasteiger partial charge in [-0.25, -0.2) is 0 Å². The Morgan fingerprint density at radius 3 is 1.96 bits per heavy atom. The summed E-state index contributed by atoms with van der Waals surface area (Å²) < 4.78 is 15.2. The van der Waals surface area contributed by atoms with Crippen molar-refractivity contribution in [3.05, 3.63) is 0 Å². The Kier molecular flexibility index (Phi) is 24.1. The van der Waals surface area contributed by atoms with Crippen LogP contribution in [-0.4, -0.2) is 82.2 Å². The van der Waals surface area contributed by atoms with Crippen molar-refractivity contribution in [3.63, 3.8) is 0 Å². The van der Waals surface area contributed by atoms with Gasteiger partial charge < -0.3 is 29.0 Å². The van der Waals surface area contributed by atoms with Gasteiger partial charge in [-0.05, 0) is 32.9 Å². The standard InChI is InChI=1S/C9H18O5.C7H15N.C2H6/c10-2-1-4-12-6-8-14-9-7-13-5-3-11;1-3-7-5-4-6-8(7)2;1-2/h2,11H,1,3-9H2;7H,3-6H2,1-2H3;1-2H3. The zero-order valence-electron chi connectivity index (χ0n) is 16.2. The zero-order chi connectivity index (χ0) is 18.5. The predicted octanol–water partition coefficient (Wildman–Crippen LogP) is 2.13. The topological polar surface area (TPSA) is 68.2 Å². The van der Waals surface area contributed by atoms with Crippen LogP contribution in [0.4, 0.5) is 0 Å².